The van der Waals surface area contributed by atoms with Gasteiger partial charge in [-0.3, -0.25) is 14.8 Å². The molecule has 3 aromatic heterocycles. The van der Waals surface area contributed by atoms with Crippen LogP contribution in [0.4, 0.5) is 0 Å². The largest absolute Gasteiger partial charge is 0.495 e. The minimum Gasteiger partial charge on any atom is -0.495 e. The molecule has 5 rings (SSSR count). The standard InChI is InChI=1S/C28H28N4O3/c1-35-21-13-20(16-29-17-21)23-11-10-18(15-30-23)12-19-14-26(31-24-7-3-2-6-22(19)24)28(34)32-25-8-4-5-9-27(25)33/h2-3,6-7,10-11,13-17,25,27,33H,4-5,8-9,12H2,1H3,(H,32,34)/t25-,27-/m0/s1. The number of carbonyl (C=O) groups is 1. The molecule has 2 N–H and O–H groups in total. The van der Waals surface area contributed by atoms with Crippen LogP contribution in [0.15, 0.2) is 67.1 Å². The number of amides is 1. The predicted octanol–water partition coefficient (Wildman–Crippen LogP) is 4.32. The first kappa shape index (κ1) is 22.9. The van der Waals surface area contributed by atoms with Crippen LogP contribution >= 0.6 is 0 Å². The molecular weight excluding hydrogens is 440 g/mol. The van der Waals surface area contributed by atoms with E-state index in [9.17, 15) is 9.90 Å². The van der Waals surface area contributed by atoms with Crippen molar-refractivity contribution < 1.29 is 14.6 Å². The van der Waals surface area contributed by atoms with Gasteiger partial charge in [0.05, 0.1) is 36.7 Å². The fraction of sp³-hybridized carbons (Fsp3) is 0.286. The van der Waals surface area contributed by atoms with Gasteiger partial charge in [0.2, 0.25) is 0 Å². The number of carbonyl (C=O) groups excluding carboxylic acids is 1. The molecule has 0 radical (unpaired) electrons. The van der Waals surface area contributed by atoms with E-state index < -0.39 is 6.10 Å². The molecule has 178 valence electrons. The minimum atomic E-state index is -0.503. The quantitative estimate of drug-likeness (QED) is 0.437. The second kappa shape index (κ2) is 10.2. The zero-order valence-corrected chi connectivity index (χ0v) is 19.6. The summed E-state index contributed by atoms with van der Waals surface area (Å²) in [5, 5.41) is 14.3. The van der Waals surface area contributed by atoms with Crippen molar-refractivity contribution in [2.24, 2.45) is 0 Å². The Morgan fingerprint density at radius 1 is 1.09 bits per heavy atom. The number of hydrogen-bond acceptors (Lipinski definition) is 6. The highest BCUT2D eigenvalue weighted by molar-refractivity contribution is 5.96. The average Bonchev–Trinajstić information content (AvgIpc) is 2.90. The van der Waals surface area contributed by atoms with E-state index in [0.717, 1.165) is 59.0 Å². The third-order valence-electron chi connectivity index (χ3n) is 6.54. The monoisotopic (exact) mass is 468 g/mol. The van der Waals surface area contributed by atoms with Gasteiger partial charge in [-0.15, -0.1) is 0 Å². The number of aromatic nitrogens is 3. The first-order valence-electron chi connectivity index (χ1n) is 11.9. The molecule has 3 heterocycles. The first-order valence-corrected chi connectivity index (χ1v) is 11.9. The van der Waals surface area contributed by atoms with E-state index in [1.807, 2.05) is 54.7 Å². The van der Waals surface area contributed by atoms with E-state index in [4.69, 9.17) is 4.74 Å². The molecule has 35 heavy (non-hydrogen) atoms. The summed E-state index contributed by atoms with van der Waals surface area (Å²) in [7, 11) is 1.61. The zero-order chi connectivity index (χ0) is 24.2. The Morgan fingerprint density at radius 3 is 2.74 bits per heavy atom. The van der Waals surface area contributed by atoms with Crippen LogP contribution in [0.3, 0.4) is 0 Å². The maximum absolute atomic E-state index is 13.0. The number of ether oxygens (including phenoxy) is 1. The lowest BCUT2D eigenvalue weighted by Crippen LogP contribution is -2.45. The van der Waals surface area contributed by atoms with Gasteiger partial charge in [0.15, 0.2) is 0 Å². The normalized spacial score (nSPS) is 17.8. The molecule has 1 aliphatic carbocycles. The summed E-state index contributed by atoms with van der Waals surface area (Å²) in [6.07, 6.45) is 8.88. The molecule has 1 aromatic carbocycles. The molecule has 0 bridgehead atoms. The molecule has 0 aliphatic heterocycles. The van der Waals surface area contributed by atoms with Crippen molar-refractivity contribution in [3.63, 3.8) is 0 Å². The van der Waals surface area contributed by atoms with Gasteiger partial charge in [-0.1, -0.05) is 37.1 Å². The molecule has 1 amide bonds. The number of fused-ring (bicyclic) bond motifs is 1. The maximum atomic E-state index is 13.0. The number of nitrogens with zero attached hydrogens (tertiary/aromatic N) is 3. The van der Waals surface area contributed by atoms with Crippen LogP contribution in [-0.2, 0) is 6.42 Å². The van der Waals surface area contributed by atoms with E-state index in [2.05, 4.69) is 20.3 Å². The number of hydrogen-bond donors (Lipinski definition) is 2. The lowest BCUT2D eigenvalue weighted by atomic mass is 9.92. The Bertz CT molecular complexity index is 1340. The minimum absolute atomic E-state index is 0.226. The molecule has 0 saturated heterocycles. The van der Waals surface area contributed by atoms with Gasteiger partial charge >= 0.3 is 0 Å². The topological polar surface area (TPSA) is 97.2 Å². The number of methoxy groups -OCH3 is 1. The number of benzene rings is 1. The number of pyridine rings is 3. The molecule has 4 aromatic rings. The summed E-state index contributed by atoms with van der Waals surface area (Å²) < 4.78 is 5.26. The SMILES string of the molecule is COc1cncc(-c2ccc(Cc3cc(C(=O)N[C@H]4CCCC[C@@H]4O)nc4ccccc34)cn2)c1. The summed E-state index contributed by atoms with van der Waals surface area (Å²) >= 11 is 0. The molecule has 1 aliphatic rings. The highest BCUT2D eigenvalue weighted by Gasteiger charge is 2.25. The number of aliphatic hydroxyl groups excluding tert-OH is 1. The van der Waals surface area contributed by atoms with Gasteiger partial charge in [0, 0.05) is 23.3 Å². The van der Waals surface area contributed by atoms with Crippen molar-refractivity contribution in [2.75, 3.05) is 7.11 Å². The van der Waals surface area contributed by atoms with Crippen molar-refractivity contribution in [1.82, 2.24) is 20.3 Å². The Labute approximate surface area is 204 Å². The molecule has 1 saturated carbocycles. The van der Waals surface area contributed by atoms with Crippen LogP contribution in [-0.4, -0.2) is 45.2 Å². The number of aliphatic hydroxyl groups is 1. The van der Waals surface area contributed by atoms with E-state index in [-0.39, 0.29) is 11.9 Å². The Kier molecular flexibility index (Phi) is 6.68. The lowest BCUT2D eigenvalue weighted by molar-refractivity contribution is 0.0714. The van der Waals surface area contributed by atoms with Crippen molar-refractivity contribution in [3.05, 3.63) is 83.9 Å². The summed E-state index contributed by atoms with van der Waals surface area (Å²) in [5.74, 6) is 0.435. The van der Waals surface area contributed by atoms with Crippen molar-refractivity contribution in [2.45, 2.75) is 44.2 Å². The number of rotatable bonds is 6. The second-order valence-corrected chi connectivity index (χ2v) is 8.96. The molecule has 1 fully saturated rings. The van der Waals surface area contributed by atoms with Crippen LogP contribution in [0, 0.1) is 0 Å². The van der Waals surface area contributed by atoms with E-state index in [1.165, 1.54) is 0 Å². The van der Waals surface area contributed by atoms with Gasteiger partial charge in [-0.2, -0.15) is 0 Å². The number of para-hydroxylation sites is 1. The van der Waals surface area contributed by atoms with E-state index >= 15 is 0 Å². The van der Waals surface area contributed by atoms with Gasteiger partial charge < -0.3 is 15.2 Å². The molecule has 7 heteroatoms. The van der Waals surface area contributed by atoms with Crippen LogP contribution in [0.25, 0.3) is 22.2 Å². The summed E-state index contributed by atoms with van der Waals surface area (Å²) in [5.41, 5.74) is 4.85. The van der Waals surface area contributed by atoms with Crippen LogP contribution in [0.1, 0.15) is 47.3 Å². The van der Waals surface area contributed by atoms with E-state index in [1.54, 1.807) is 19.5 Å². The van der Waals surface area contributed by atoms with Gasteiger partial charge in [0.1, 0.15) is 11.4 Å². The van der Waals surface area contributed by atoms with Gasteiger partial charge in [-0.05, 0) is 54.7 Å². The highest BCUT2D eigenvalue weighted by atomic mass is 16.5. The molecule has 0 unspecified atom stereocenters. The molecule has 0 spiro atoms. The fourth-order valence-electron chi connectivity index (χ4n) is 4.62. The summed E-state index contributed by atoms with van der Waals surface area (Å²) in [6, 6.07) is 15.4. The highest BCUT2D eigenvalue weighted by Crippen LogP contribution is 2.25. The fourth-order valence-corrected chi connectivity index (χ4v) is 4.62. The maximum Gasteiger partial charge on any atom is 0.270 e. The molecule has 7 nitrogen and oxygen atoms in total. The van der Waals surface area contributed by atoms with Crippen molar-refractivity contribution in [3.8, 4) is 17.0 Å². The van der Waals surface area contributed by atoms with Gasteiger partial charge in [0.25, 0.3) is 5.91 Å². The molecular formula is C28H28N4O3. The zero-order valence-electron chi connectivity index (χ0n) is 19.6. The molecule has 2 atom stereocenters. The average molecular weight is 469 g/mol. The Balaban J connectivity index is 1.41. The smallest absolute Gasteiger partial charge is 0.270 e. The second-order valence-electron chi connectivity index (χ2n) is 8.96. The van der Waals surface area contributed by atoms with E-state index in [0.29, 0.717) is 17.9 Å². The van der Waals surface area contributed by atoms with Crippen LogP contribution < -0.4 is 10.1 Å². The third-order valence-corrected chi connectivity index (χ3v) is 6.54. The number of nitrogens with one attached hydrogen (secondary N) is 1. The predicted molar refractivity (Wildman–Crippen MR) is 134 cm³/mol. The van der Waals surface area contributed by atoms with Crippen molar-refractivity contribution in [1.29, 1.82) is 0 Å². The lowest BCUT2D eigenvalue weighted by Gasteiger charge is -2.28. The third kappa shape index (κ3) is 5.15. The summed E-state index contributed by atoms with van der Waals surface area (Å²) in [6.45, 7) is 0. The van der Waals surface area contributed by atoms with Crippen molar-refractivity contribution >= 4 is 16.8 Å². The van der Waals surface area contributed by atoms with Crippen LogP contribution in [0.5, 0.6) is 5.75 Å². The first-order chi connectivity index (χ1) is 17.1. The summed E-state index contributed by atoms with van der Waals surface area (Å²) in [4.78, 5) is 26.5. The Hall–Kier alpha value is -3.84. The Morgan fingerprint density at radius 2 is 1.94 bits per heavy atom. The van der Waals surface area contributed by atoms with Crippen LogP contribution in [0.2, 0.25) is 0 Å². The van der Waals surface area contributed by atoms with Gasteiger partial charge in [-0.25, -0.2) is 4.98 Å².